The van der Waals surface area contributed by atoms with Gasteiger partial charge in [-0.3, -0.25) is 9.59 Å². The predicted octanol–water partition coefficient (Wildman–Crippen LogP) is 1.43. The molecule has 90 valence electrons. The first-order chi connectivity index (χ1) is 8.66. The molecule has 0 aliphatic heterocycles. The summed E-state index contributed by atoms with van der Waals surface area (Å²) >= 11 is 0. The molecule has 0 fully saturated rings. The summed E-state index contributed by atoms with van der Waals surface area (Å²) < 4.78 is 0. The third-order valence-electron chi connectivity index (χ3n) is 2.28. The Kier molecular flexibility index (Phi) is 3.33. The van der Waals surface area contributed by atoms with Crippen molar-refractivity contribution < 1.29 is 9.59 Å². The molecule has 0 aliphatic rings. The highest BCUT2D eigenvalue weighted by Crippen LogP contribution is 2.07. The molecule has 5 nitrogen and oxygen atoms in total. The van der Waals surface area contributed by atoms with Crippen LogP contribution in [0.15, 0.2) is 48.5 Å². The summed E-state index contributed by atoms with van der Waals surface area (Å²) in [5.41, 5.74) is 5.74. The van der Waals surface area contributed by atoms with Crippen molar-refractivity contribution in [2.75, 3.05) is 5.32 Å². The summed E-state index contributed by atoms with van der Waals surface area (Å²) in [6.07, 6.45) is 0. The molecule has 0 atom stereocenters. The molecular formula is C13H11N3O2. The molecule has 0 aliphatic carbocycles. The second-order valence-corrected chi connectivity index (χ2v) is 3.59. The lowest BCUT2D eigenvalue weighted by molar-refractivity contribution is 0.0991. The Morgan fingerprint density at radius 2 is 1.72 bits per heavy atom. The Labute approximate surface area is 104 Å². The van der Waals surface area contributed by atoms with Crippen molar-refractivity contribution in [2.24, 2.45) is 5.73 Å². The average molecular weight is 241 g/mol. The Balaban J connectivity index is 2.17. The molecule has 2 rings (SSSR count). The van der Waals surface area contributed by atoms with Crippen LogP contribution >= 0.6 is 0 Å². The summed E-state index contributed by atoms with van der Waals surface area (Å²) in [6, 6.07) is 13.4. The molecule has 1 heterocycles. The average Bonchev–Trinajstić information content (AvgIpc) is 2.40. The topological polar surface area (TPSA) is 85.1 Å². The molecule has 0 bridgehead atoms. The number of amides is 2. The van der Waals surface area contributed by atoms with Crippen molar-refractivity contribution >= 4 is 17.6 Å². The minimum absolute atomic E-state index is 0.112. The third kappa shape index (κ3) is 2.70. The van der Waals surface area contributed by atoms with Crippen LogP contribution < -0.4 is 11.1 Å². The lowest BCUT2D eigenvalue weighted by atomic mass is 10.2. The quantitative estimate of drug-likeness (QED) is 0.852. The summed E-state index contributed by atoms with van der Waals surface area (Å²) in [6.45, 7) is 0. The number of nitrogens with one attached hydrogen (secondary N) is 1. The number of nitrogens with zero attached hydrogens (tertiary/aromatic N) is 1. The Morgan fingerprint density at radius 1 is 1.00 bits per heavy atom. The van der Waals surface area contributed by atoms with Crippen molar-refractivity contribution in [1.82, 2.24) is 4.98 Å². The van der Waals surface area contributed by atoms with Crippen LogP contribution in [0.5, 0.6) is 0 Å². The minimum atomic E-state index is -0.634. The molecule has 1 aromatic heterocycles. The van der Waals surface area contributed by atoms with E-state index in [9.17, 15) is 9.59 Å². The molecular weight excluding hydrogens is 230 g/mol. The number of pyridine rings is 1. The van der Waals surface area contributed by atoms with Crippen molar-refractivity contribution in [2.45, 2.75) is 0 Å². The van der Waals surface area contributed by atoms with Crippen LogP contribution in [0.25, 0.3) is 0 Å². The predicted molar refractivity (Wildman–Crippen MR) is 67.2 cm³/mol. The third-order valence-corrected chi connectivity index (χ3v) is 2.28. The lowest BCUT2D eigenvalue weighted by Crippen LogP contribution is -2.16. The summed E-state index contributed by atoms with van der Waals surface area (Å²) in [5.74, 6) is -0.629. The van der Waals surface area contributed by atoms with Crippen molar-refractivity contribution in [3.05, 3.63) is 59.8 Å². The molecule has 3 N–H and O–H groups in total. The molecule has 18 heavy (non-hydrogen) atoms. The molecule has 2 aromatic rings. The van der Waals surface area contributed by atoms with E-state index in [1.807, 2.05) is 6.07 Å². The summed E-state index contributed by atoms with van der Waals surface area (Å²) in [5, 5.41) is 2.60. The van der Waals surface area contributed by atoms with Gasteiger partial charge in [0.2, 0.25) is 0 Å². The Hall–Kier alpha value is -2.69. The van der Waals surface area contributed by atoms with Crippen LogP contribution in [-0.2, 0) is 0 Å². The number of benzene rings is 1. The molecule has 0 saturated heterocycles. The van der Waals surface area contributed by atoms with Gasteiger partial charge in [-0.1, -0.05) is 24.3 Å². The van der Waals surface area contributed by atoms with Gasteiger partial charge in [0, 0.05) is 5.56 Å². The van der Waals surface area contributed by atoms with Gasteiger partial charge in [-0.25, -0.2) is 4.98 Å². The second kappa shape index (κ2) is 5.09. The fourth-order valence-corrected chi connectivity index (χ4v) is 1.42. The first-order valence-corrected chi connectivity index (χ1v) is 5.30. The normalized spacial score (nSPS) is 9.78. The van der Waals surface area contributed by atoms with E-state index < -0.39 is 5.91 Å². The van der Waals surface area contributed by atoms with Crippen LogP contribution in [-0.4, -0.2) is 16.8 Å². The highest BCUT2D eigenvalue weighted by atomic mass is 16.2. The number of hydrogen-bond acceptors (Lipinski definition) is 3. The summed E-state index contributed by atoms with van der Waals surface area (Å²) in [7, 11) is 0. The highest BCUT2D eigenvalue weighted by Gasteiger charge is 2.07. The highest BCUT2D eigenvalue weighted by molar-refractivity contribution is 6.04. The standard InChI is InChI=1S/C13H11N3O2/c14-12(17)10-7-4-8-11(15-10)16-13(18)9-5-2-1-3-6-9/h1-8H,(H2,14,17)(H,15,16,18). The maximum absolute atomic E-state index is 11.8. The van der Waals surface area contributed by atoms with Gasteiger partial charge in [-0.05, 0) is 24.3 Å². The smallest absolute Gasteiger partial charge is 0.267 e. The molecule has 0 saturated carbocycles. The lowest BCUT2D eigenvalue weighted by Gasteiger charge is -2.05. The van der Waals surface area contributed by atoms with Crippen LogP contribution in [0.1, 0.15) is 20.8 Å². The zero-order chi connectivity index (χ0) is 13.0. The van der Waals surface area contributed by atoms with Gasteiger partial charge in [0.1, 0.15) is 11.5 Å². The molecule has 0 spiro atoms. The molecule has 1 aromatic carbocycles. The van der Waals surface area contributed by atoms with E-state index in [0.29, 0.717) is 11.4 Å². The number of carbonyl (C=O) groups is 2. The van der Waals surface area contributed by atoms with Crippen molar-refractivity contribution in [3.63, 3.8) is 0 Å². The molecule has 2 amide bonds. The van der Waals surface area contributed by atoms with Gasteiger partial charge in [0.25, 0.3) is 11.8 Å². The van der Waals surface area contributed by atoms with Crippen LogP contribution in [0.4, 0.5) is 5.82 Å². The largest absolute Gasteiger partial charge is 0.364 e. The maximum Gasteiger partial charge on any atom is 0.267 e. The number of nitrogens with two attached hydrogens (primary N) is 1. The van der Waals surface area contributed by atoms with Crippen LogP contribution in [0.2, 0.25) is 0 Å². The van der Waals surface area contributed by atoms with Gasteiger partial charge in [-0.2, -0.15) is 0 Å². The van der Waals surface area contributed by atoms with E-state index in [2.05, 4.69) is 10.3 Å². The number of aromatic nitrogens is 1. The van der Waals surface area contributed by atoms with Gasteiger partial charge >= 0.3 is 0 Å². The monoisotopic (exact) mass is 241 g/mol. The number of carbonyl (C=O) groups excluding carboxylic acids is 2. The Morgan fingerprint density at radius 3 is 2.39 bits per heavy atom. The van der Waals surface area contributed by atoms with E-state index in [4.69, 9.17) is 5.73 Å². The van der Waals surface area contributed by atoms with Crippen LogP contribution in [0.3, 0.4) is 0 Å². The fourth-order valence-electron chi connectivity index (χ4n) is 1.42. The number of primary amides is 1. The first kappa shape index (κ1) is 11.8. The maximum atomic E-state index is 11.8. The van der Waals surface area contributed by atoms with E-state index >= 15 is 0 Å². The Bertz CT molecular complexity index is 582. The van der Waals surface area contributed by atoms with E-state index in [0.717, 1.165) is 0 Å². The number of hydrogen-bond donors (Lipinski definition) is 2. The first-order valence-electron chi connectivity index (χ1n) is 5.30. The van der Waals surface area contributed by atoms with Crippen molar-refractivity contribution in [1.29, 1.82) is 0 Å². The van der Waals surface area contributed by atoms with Gasteiger partial charge in [0.15, 0.2) is 0 Å². The van der Waals surface area contributed by atoms with Gasteiger partial charge in [-0.15, -0.1) is 0 Å². The minimum Gasteiger partial charge on any atom is -0.364 e. The van der Waals surface area contributed by atoms with Crippen molar-refractivity contribution in [3.8, 4) is 0 Å². The van der Waals surface area contributed by atoms with Gasteiger partial charge in [0.05, 0.1) is 0 Å². The zero-order valence-electron chi connectivity index (χ0n) is 9.46. The zero-order valence-corrected chi connectivity index (χ0v) is 9.46. The molecule has 5 heteroatoms. The van der Waals surface area contributed by atoms with E-state index in [-0.39, 0.29) is 11.6 Å². The molecule has 0 radical (unpaired) electrons. The number of anilines is 1. The van der Waals surface area contributed by atoms with Gasteiger partial charge < -0.3 is 11.1 Å². The SMILES string of the molecule is NC(=O)c1cccc(NC(=O)c2ccccc2)n1. The van der Waals surface area contributed by atoms with E-state index in [1.165, 1.54) is 6.07 Å². The number of rotatable bonds is 3. The second-order valence-electron chi connectivity index (χ2n) is 3.59. The van der Waals surface area contributed by atoms with E-state index in [1.54, 1.807) is 36.4 Å². The molecule has 0 unspecified atom stereocenters. The fraction of sp³-hybridized carbons (Fsp3) is 0. The summed E-state index contributed by atoms with van der Waals surface area (Å²) in [4.78, 5) is 26.7. The van der Waals surface area contributed by atoms with Crippen LogP contribution in [0, 0.1) is 0 Å².